The summed E-state index contributed by atoms with van der Waals surface area (Å²) in [5.74, 6) is 0.512. The summed E-state index contributed by atoms with van der Waals surface area (Å²) in [5, 5.41) is 7.30. The maximum Gasteiger partial charge on any atom is 0.153 e. The Kier molecular flexibility index (Phi) is 3.55. The molecule has 0 aliphatic heterocycles. The highest BCUT2D eigenvalue weighted by Gasteiger charge is 2.17. The number of nitrogens with one attached hydrogen (secondary N) is 1. The first-order chi connectivity index (χ1) is 10.1. The van der Waals surface area contributed by atoms with Crippen LogP contribution in [0.25, 0.3) is 22.4 Å². The zero-order valence-corrected chi connectivity index (χ0v) is 13.5. The van der Waals surface area contributed by atoms with Crippen LogP contribution in [0, 0.1) is 13.8 Å². The summed E-state index contributed by atoms with van der Waals surface area (Å²) in [6.45, 7) is 4.18. The van der Waals surface area contributed by atoms with Crippen LogP contribution in [0.3, 0.4) is 0 Å². The molecule has 0 bridgehead atoms. The highest BCUT2D eigenvalue weighted by Crippen LogP contribution is 2.39. The molecule has 0 aliphatic rings. The number of H-pyrrole nitrogens is 1. The molecule has 0 amide bonds. The highest BCUT2D eigenvalue weighted by atomic mass is 79.9. The molecule has 1 aromatic heterocycles. The lowest BCUT2D eigenvalue weighted by atomic mass is 9.96. The van der Waals surface area contributed by atoms with Crippen molar-refractivity contribution >= 4 is 21.7 Å². The molecule has 0 saturated heterocycles. The predicted octanol–water partition coefficient (Wildman–Crippen LogP) is 4.71. The number of aromatic amines is 1. The number of benzene rings is 2. The second-order valence-corrected chi connectivity index (χ2v) is 6.01. The van der Waals surface area contributed by atoms with Gasteiger partial charge in [-0.05, 0) is 31.5 Å². The third-order valence-electron chi connectivity index (χ3n) is 3.60. The largest absolute Gasteiger partial charge is 0.382 e. The molecule has 0 radical (unpaired) electrons. The molecule has 3 nitrogen and oxygen atoms in total. The topological polar surface area (TPSA) is 54.7 Å². The molecular formula is C17H16BrN3. The average Bonchev–Trinajstić information content (AvgIpc) is 2.84. The summed E-state index contributed by atoms with van der Waals surface area (Å²) in [5.41, 5.74) is 12.6. The van der Waals surface area contributed by atoms with Gasteiger partial charge >= 0.3 is 0 Å². The number of rotatable bonds is 2. The van der Waals surface area contributed by atoms with E-state index >= 15 is 0 Å². The molecule has 0 atom stereocenters. The fourth-order valence-corrected chi connectivity index (χ4v) is 2.98. The second-order valence-electron chi connectivity index (χ2n) is 5.16. The number of nitrogens with zero attached hydrogens (tertiary/aromatic N) is 1. The van der Waals surface area contributed by atoms with E-state index in [0.29, 0.717) is 5.82 Å². The summed E-state index contributed by atoms with van der Waals surface area (Å²) < 4.78 is 1.00. The van der Waals surface area contributed by atoms with Crippen molar-refractivity contribution < 1.29 is 0 Å². The van der Waals surface area contributed by atoms with Gasteiger partial charge in [0.05, 0.1) is 11.3 Å². The van der Waals surface area contributed by atoms with E-state index in [9.17, 15) is 0 Å². The molecule has 0 unspecified atom stereocenters. The van der Waals surface area contributed by atoms with Gasteiger partial charge < -0.3 is 5.73 Å². The minimum absolute atomic E-state index is 0.512. The van der Waals surface area contributed by atoms with Crippen molar-refractivity contribution in [2.45, 2.75) is 13.8 Å². The maximum absolute atomic E-state index is 6.10. The van der Waals surface area contributed by atoms with Crippen molar-refractivity contribution in [3.63, 3.8) is 0 Å². The van der Waals surface area contributed by atoms with Crippen molar-refractivity contribution in [3.8, 4) is 22.4 Å². The average molecular weight is 342 g/mol. The molecule has 3 rings (SSSR count). The standard InChI is InChI=1S/C17H16BrN3/c1-10-7-8-11(2)13(9-10)16-15(17(19)21-20-16)12-5-3-4-6-14(12)18/h3-9H,1-2H3,(H3,19,20,21). The van der Waals surface area contributed by atoms with E-state index in [1.54, 1.807) is 0 Å². The Morgan fingerprint density at radius 3 is 2.57 bits per heavy atom. The monoisotopic (exact) mass is 341 g/mol. The lowest BCUT2D eigenvalue weighted by Crippen LogP contribution is -1.91. The van der Waals surface area contributed by atoms with Gasteiger partial charge in [-0.3, -0.25) is 5.10 Å². The highest BCUT2D eigenvalue weighted by molar-refractivity contribution is 9.10. The first-order valence-electron chi connectivity index (χ1n) is 6.74. The molecule has 1 heterocycles. The van der Waals surface area contributed by atoms with Crippen molar-refractivity contribution in [1.82, 2.24) is 10.2 Å². The second kappa shape index (κ2) is 5.37. The normalized spacial score (nSPS) is 10.8. The van der Waals surface area contributed by atoms with Crippen molar-refractivity contribution in [2.75, 3.05) is 5.73 Å². The lowest BCUT2D eigenvalue weighted by molar-refractivity contribution is 1.10. The van der Waals surface area contributed by atoms with Gasteiger partial charge in [0.1, 0.15) is 0 Å². The number of nitrogens with two attached hydrogens (primary N) is 1. The quantitative estimate of drug-likeness (QED) is 0.709. The molecule has 0 saturated carbocycles. The summed E-state index contributed by atoms with van der Waals surface area (Å²) in [4.78, 5) is 0. The van der Waals surface area contributed by atoms with Crippen LogP contribution in [0.5, 0.6) is 0 Å². The van der Waals surface area contributed by atoms with Crippen molar-refractivity contribution in [1.29, 1.82) is 0 Å². The maximum atomic E-state index is 6.10. The van der Waals surface area contributed by atoms with Crippen LogP contribution < -0.4 is 5.73 Å². The SMILES string of the molecule is Cc1ccc(C)c(-c2[nH]nc(N)c2-c2ccccc2Br)c1. The van der Waals surface area contributed by atoms with Crippen LogP contribution in [0.2, 0.25) is 0 Å². The predicted molar refractivity (Wildman–Crippen MR) is 91.0 cm³/mol. The van der Waals surface area contributed by atoms with Gasteiger partial charge in [0, 0.05) is 15.6 Å². The number of hydrogen-bond donors (Lipinski definition) is 2. The summed E-state index contributed by atoms with van der Waals surface area (Å²) in [7, 11) is 0. The number of nitrogen functional groups attached to an aromatic ring is 1. The van der Waals surface area contributed by atoms with Crippen LogP contribution >= 0.6 is 15.9 Å². The minimum atomic E-state index is 0.512. The van der Waals surface area contributed by atoms with E-state index < -0.39 is 0 Å². The molecule has 21 heavy (non-hydrogen) atoms. The number of halogens is 1. The van der Waals surface area contributed by atoms with E-state index in [4.69, 9.17) is 5.73 Å². The zero-order valence-electron chi connectivity index (χ0n) is 11.9. The fourth-order valence-electron chi connectivity index (χ4n) is 2.49. The molecular weight excluding hydrogens is 326 g/mol. The molecule has 2 aromatic carbocycles. The number of hydrogen-bond acceptors (Lipinski definition) is 2. The van der Waals surface area contributed by atoms with Gasteiger partial charge in [-0.1, -0.05) is 51.8 Å². The summed E-state index contributed by atoms with van der Waals surface area (Å²) in [6.07, 6.45) is 0. The van der Waals surface area contributed by atoms with Crippen LogP contribution in [-0.2, 0) is 0 Å². The lowest BCUT2D eigenvalue weighted by Gasteiger charge is -2.10. The molecule has 0 fully saturated rings. The molecule has 0 aliphatic carbocycles. The number of aromatic nitrogens is 2. The van der Waals surface area contributed by atoms with E-state index in [0.717, 1.165) is 26.9 Å². The van der Waals surface area contributed by atoms with Crippen LogP contribution in [0.15, 0.2) is 46.9 Å². The minimum Gasteiger partial charge on any atom is -0.382 e. The van der Waals surface area contributed by atoms with Crippen molar-refractivity contribution in [3.05, 3.63) is 58.1 Å². The van der Waals surface area contributed by atoms with Gasteiger partial charge in [-0.15, -0.1) is 0 Å². The molecule has 3 aromatic rings. The first-order valence-corrected chi connectivity index (χ1v) is 7.53. The van der Waals surface area contributed by atoms with Crippen molar-refractivity contribution in [2.24, 2.45) is 0 Å². The fraction of sp³-hybridized carbons (Fsp3) is 0.118. The Balaban J connectivity index is 2.27. The Bertz CT molecular complexity index is 806. The number of aryl methyl sites for hydroxylation is 2. The Morgan fingerprint density at radius 2 is 1.81 bits per heavy atom. The van der Waals surface area contributed by atoms with E-state index in [1.165, 1.54) is 11.1 Å². The van der Waals surface area contributed by atoms with E-state index in [1.807, 2.05) is 24.3 Å². The third-order valence-corrected chi connectivity index (χ3v) is 4.29. The van der Waals surface area contributed by atoms with Crippen LogP contribution in [-0.4, -0.2) is 10.2 Å². The van der Waals surface area contributed by atoms with Crippen LogP contribution in [0.1, 0.15) is 11.1 Å². The molecule has 3 N–H and O–H groups in total. The van der Waals surface area contributed by atoms with Gasteiger partial charge in [-0.25, -0.2) is 0 Å². The molecule has 0 spiro atoms. The zero-order chi connectivity index (χ0) is 15.0. The van der Waals surface area contributed by atoms with Crippen LogP contribution in [0.4, 0.5) is 5.82 Å². The smallest absolute Gasteiger partial charge is 0.153 e. The molecule has 106 valence electrons. The van der Waals surface area contributed by atoms with E-state index in [2.05, 4.69) is 58.2 Å². The molecule has 4 heteroatoms. The van der Waals surface area contributed by atoms with Gasteiger partial charge in [0.15, 0.2) is 5.82 Å². The van der Waals surface area contributed by atoms with E-state index in [-0.39, 0.29) is 0 Å². The Hall–Kier alpha value is -2.07. The summed E-state index contributed by atoms with van der Waals surface area (Å²) in [6, 6.07) is 14.4. The number of anilines is 1. The first kappa shape index (κ1) is 13.9. The Labute approximate surface area is 132 Å². The third kappa shape index (κ3) is 2.47. The Morgan fingerprint density at radius 1 is 1.05 bits per heavy atom. The van der Waals surface area contributed by atoms with Gasteiger partial charge in [0.25, 0.3) is 0 Å². The van der Waals surface area contributed by atoms with Gasteiger partial charge in [-0.2, -0.15) is 5.10 Å². The summed E-state index contributed by atoms with van der Waals surface area (Å²) >= 11 is 3.59. The van der Waals surface area contributed by atoms with Gasteiger partial charge in [0.2, 0.25) is 0 Å².